The fourth-order valence-corrected chi connectivity index (χ4v) is 3.23. The lowest BCUT2D eigenvalue weighted by Crippen LogP contribution is -2.49. The van der Waals surface area contributed by atoms with Gasteiger partial charge in [-0.3, -0.25) is 0 Å². The highest BCUT2D eigenvalue weighted by Crippen LogP contribution is 2.29. The van der Waals surface area contributed by atoms with Crippen LogP contribution in [0.5, 0.6) is 0 Å². The third-order valence-corrected chi connectivity index (χ3v) is 4.83. The lowest BCUT2D eigenvalue weighted by Gasteiger charge is -2.41. The Morgan fingerprint density at radius 1 is 1.24 bits per heavy atom. The Labute approximate surface area is 130 Å². The number of hydrogen-bond donors (Lipinski definition) is 1. The Morgan fingerprint density at radius 2 is 1.90 bits per heavy atom. The Balaban J connectivity index is 2.05. The summed E-state index contributed by atoms with van der Waals surface area (Å²) in [5.74, 6) is 0.703. The maximum atomic E-state index is 3.68. The summed E-state index contributed by atoms with van der Waals surface area (Å²) >= 11 is 0. The fourth-order valence-electron chi connectivity index (χ4n) is 3.23. The topological polar surface area (TPSA) is 15.3 Å². The van der Waals surface area contributed by atoms with E-state index in [1.807, 2.05) is 0 Å². The van der Waals surface area contributed by atoms with E-state index in [0.29, 0.717) is 5.92 Å². The average Bonchev–Trinajstić information content (AvgIpc) is 2.37. The third kappa shape index (κ3) is 4.55. The van der Waals surface area contributed by atoms with Gasteiger partial charge in [-0.25, -0.2) is 0 Å². The van der Waals surface area contributed by atoms with E-state index in [-0.39, 0.29) is 5.41 Å². The molecule has 1 atom stereocenters. The highest BCUT2D eigenvalue weighted by molar-refractivity contribution is 5.25. The van der Waals surface area contributed by atoms with Crippen LogP contribution < -0.4 is 5.32 Å². The fraction of sp³-hybridized carbons (Fsp3) is 0.684. The molecule has 1 aromatic carbocycles. The lowest BCUT2D eigenvalue weighted by atomic mass is 9.80. The summed E-state index contributed by atoms with van der Waals surface area (Å²) in [7, 11) is 2.30. The molecule has 1 fully saturated rings. The first-order valence-electron chi connectivity index (χ1n) is 8.48. The molecule has 0 radical (unpaired) electrons. The van der Waals surface area contributed by atoms with Crippen LogP contribution in [-0.2, 0) is 5.41 Å². The van der Waals surface area contributed by atoms with Crippen molar-refractivity contribution in [3.05, 3.63) is 35.9 Å². The number of nitrogens with one attached hydrogen (secondary N) is 1. The van der Waals surface area contributed by atoms with E-state index in [1.54, 1.807) is 0 Å². The van der Waals surface area contributed by atoms with Crippen LogP contribution in [0.15, 0.2) is 30.3 Å². The van der Waals surface area contributed by atoms with Gasteiger partial charge in [0.05, 0.1) is 0 Å². The number of hydrogen-bond acceptors (Lipinski definition) is 2. The first kappa shape index (κ1) is 16.5. The Kier molecular flexibility index (Phi) is 5.83. The molecule has 2 nitrogen and oxygen atoms in total. The first-order valence-corrected chi connectivity index (χ1v) is 8.48. The number of likely N-dealkylation sites (N-methyl/N-ethyl adjacent to an activating group) is 1. The zero-order chi connectivity index (χ0) is 15.3. The van der Waals surface area contributed by atoms with Crippen molar-refractivity contribution in [3.8, 4) is 0 Å². The zero-order valence-corrected chi connectivity index (χ0v) is 14.2. The predicted molar refractivity (Wildman–Crippen MR) is 91.8 cm³/mol. The summed E-state index contributed by atoms with van der Waals surface area (Å²) in [6.07, 6.45) is 4.16. The molecule has 1 aliphatic carbocycles. The van der Waals surface area contributed by atoms with Gasteiger partial charge >= 0.3 is 0 Å². The van der Waals surface area contributed by atoms with Crippen molar-refractivity contribution in [2.24, 2.45) is 5.92 Å². The van der Waals surface area contributed by atoms with E-state index in [4.69, 9.17) is 0 Å². The molecule has 1 saturated carbocycles. The zero-order valence-electron chi connectivity index (χ0n) is 14.2. The van der Waals surface area contributed by atoms with Crippen LogP contribution in [-0.4, -0.2) is 37.6 Å². The van der Waals surface area contributed by atoms with Gasteiger partial charge in [0, 0.05) is 24.5 Å². The molecule has 1 aliphatic rings. The minimum atomic E-state index is 0.181. The van der Waals surface area contributed by atoms with Crippen molar-refractivity contribution in [3.63, 3.8) is 0 Å². The standard InChI is InChI=1S/C19H32N2/c1-16(2)13-20-14-19(3,17-9-6-5-7-10-17)15-21(4)18-11-8-12-18/h5-7,9-10,16,18,20H,8,11-15H2,1-4H3. The number of benzene rings is 1. The molecule has 2 heteroatoms. The quantitative estimate of drug-likeness (QED) is 0.785. The van der Waals surface area contributed by atoms with Gasteiger partial charge in [-0.1, -0.05) is 57.5 Å². The molecular weight excluding hydrogens is 256 g/mol. The Bertz CT molecular complexity index is 411. The van der Waals surface area contributed by atoms with Crippen LogP contribution in [0.1, 0.15) is 45.6 Å². The van der Waals surface area contributed by atoms with Gasteiger partial charge in [-0.15, -0.1) is 0 Å². The second-order valence-corrected chi connectivity index (χ2v) is 7.45. The van der Waals surface area contributed by atoms with Crippen LogP contribution in [0.4, 0.5) is 0 Å². The van der Waals surface area contributed by atoms with E-state index in [9.17, 15) is 0 Å². The van der Waals surface area contributed by atoms with Crippen LogP contribution in [0, 0.1) is 5.92 Å². The highest BCUT2D eigenvalue weighted by atomic mass is 15.1. The summed E-state index contributed by atoms with van der Waals surface area (Å²) in [6, 6.07) is 11.8. The van der Waals surface area contributed by atoms with Gasteiger partial charge < -0.3 is 10.2 Å². The number of rotatable bonds is 8. The van der Waals surface area contributed by atoms with Crippen LogP contribution in [0.2, 0.25) is 0 Å². The average molecular weight is 288 g/mol. The minimum Gasteiger partial charge on any atom is -0.316 e. The monoisotopic (exact) mass is 288 g/mol. The minimum absolute atomic E-state index is 0.181. The molecule has 0 spiro atoms. The van der Waals surface area contributed by atoms with E-state index in [1.165, 1.54) is 24.8 Å². The van der Waals surface area contributed by atoms with Gasteiger partial charge in [0.15, 0.2) is 0 Å². The van der Waals surface area contributed by atoms with E-state index in [2.05, 4.69) is 68.4 Å². The summed E-state index contributed by atoms with van der Waals surface area (Å²) in [5, 5.41) is 3.68. The maximum Gasteiger partial charge on any atom is 0.0177 e. The molecular formula is C19H32N2. The van der Waals surface area contributed by atoms with Crippen molar-refractivity contribution in [2.75, 3.05) is 26.7 Å². The summed E-state index contributed by atoms with van der Waals surface area (Å²) < 4.78 is 0. The molecule has 0 amide bonds. The normalized spacial score (nSPS) is 18.8. The summed E-state index contributed by atoms with van der Waals surface area (Å²) in [4.78, 5) is 2.58. The smallest absolute Gasteiger partial charge is 0.0177 e. The van der Waals surface area contributed by atoms with Gasteiger partial charge in [-0.2, -0.15) is 0 Å². The Morgan fingerprint density at radius 3 is 2.43 bits per heavy atom. The van der Waals surface area contributed by atoms with Crippen LogP contribution >= 0.6 is 0 Å². The molecule has 118 valence electrons. The van der Waals surface area contributed by atoms with E-state index in [0.717, 1.165) is 25.7 Å². The molecule has 0 aromatic heterocycles. The third-order valence-electron chi connectivity index (χ3n) is 4.83. The Hall–Kier alpha value is -0.860. The van der Waals surface area contributed by atoms with Crippen LogP contribution in [0.3, 0.4) is 0 Å². The SMILES string of the molecule is CC(C)CNCC(C)(CN(C)C1CCC1)c1ccccc1. The van der Waals surface area contributed by atoms with Crippen molar-refractivity contribution in [1.82, 2.24) is 10.2 Å². The molecule has 0 aliphatic heterocycles. The van der Waals surface area contributed by atoms with Gasteiger partial charge in [0.1, 0.15) is 0 Å². The number of nitrogens with zero attached hydrogens (tertiary/aromatic N) is 1. The maximum absolute atomic E-state index is 3.68. The summed E-state index contributed by atoms with van der Waals surface area (Å²) in [5.41, 5.74) is 1.63. The molecule has 1 N–H and O–H groups in total. The first-order chi connectivity index (χ1) is 10.0. The van der Waals surface area contributed by atoms with Crippen molar-refractivity contribution >= 4 is 0 Å². The molecule has 0 heterocycles. The molecule has 0 bridgehead atoms. The van der Waals surface area contributed by atoms with E-state index >= 15 is 0 Å². The molecule has 0 saturated heterocycles. The molecule has 1 aromatic rings. The van der Waals surface area contributed by atoms with Crippen molar-refractivity contribution < 1.29 is 0 Å². The van der Waals surface area contributed by atoms with Crippen molar-refractivity contribution in [1.29, 1.82) is 0 Å². The van der Waals surface area contributed by atoms with Crippen molar-refractivity contribution in [2.45, 2.75) is 51.5 Å². The highest BCUT2D eigenvalue weighted by Gasteiger charge is 2.32. The van der Waals surface area contributed by atoms with E-state index < -0.39 is 0 Å². The molecule has 1 unspecified atom stereocenters. The molecule has 21 heavy (non-hydrogen) atoms. The van der Waals surface area contributed by atoms with Crippen LogP contribution in [0.25, 0.3) is 0 Å². The molecule has 2 rings (SSSR count). The predicted octanol–water partition coefficient (Wildman–Crippen LogP) is 3.67. The van der Waals surface area contributed by atoms with Gasteiger partial charge in [-0.05, 0) is 37.9 Å². The second-order valence-electron chi connectivity index (χ2n) is 7.45. The largest absolute Gasteiger partial charge is 0.316 e. The summed E-state index contributed by atoms with van der Waals surface area (Å²) in [6.45, 7) is 10.2. The lowest BCUT2D eigenvalue weighted by molar-refractivity contribution is 0.128. The van der Waals surface area contributed by atoms with Gasteiger partial charge in [0.25, 0.3) is 0 Å². The second kappa shape index (κ2) is 7.42. The van der Waals surface area contributed by atoms with Gasteiger partial charge in [0.2, 0.25) is 0 Å².